The number of allylic oxidation sites excluding steroid dienone is 3. The molecule has 0 bridgehead atoms. The lowest BCUT2D eigenvalue weighted by Gasteiger charge is -2.29. The summed E-state index contributed by atoms with van der Waals surface area (Å²) >= 11 is 2.10. The topological polar surface area (TPSA) is 3.24 Å². The Balaban J connectivity index is 1.73. The molecule has 0 radical (unpaired) electrons. The monoisotopic (exact) mass is 529 g/mol. The van der Waals surface area contributed by atoms with Crippen LogP contribution in [0.1, 0.15) is 83.9 Å². The van der Waals surface area contributed by atoms with Crippen molar-refractivity contribution in [2.45, 2.75) is 91.2 Å². The molecule has 0 fully saturated rings. The lowest BCUT2D eigenvalue weighted by Crippen LogP contribution is -2.20. The van der Waals surface area contributed by atoms with Gasteiger partial charge in [-0.2, -0.15) is 0 Å². The smallest absolute Gasteiger partial charge is 0.0555 e. The number of rotatable bonds is 7. The summed E-state index contributed by atoms with van der Waals surface area (Å²) in [5, 5.41) is 2.27. The summed E-state index contributed by atoms with van der Waals surface area (Å²) in [7, 11) is 0.293. The summed E-state index contributed by atoms with van der Waals surface area (Å²) in [6, 6.07) is 14.0. The quantitative estimate of drug-likeness (QED) is 0.260. The van der Waals surface area contributed by atoms with Crippen LogP contribution in [-0.2, 0) is 0 Å². The van der Waals surface area contributed by atoms with Gasteiger partial charge in [-0.15, -0.1) is 11.8 Å². The van der Waals surface area contributed by atoms with Gasteiger partial charge in [0, 0.05) is 37.4 Å². The van der Waals surface area contributed by atoms with Crippen LogP contribution in [0.5, 0.6) is 0 Å². The zero-order chi connectivity index (χ0) is 27.0. The number of aryl methyl sites for hydroxylation is 2. The zero-order valence-corrected chi connectivity index (χ0v) is 26.5. The Morgan fingerprint density at radius 2 is 1.73 bits per heavy atom. The molecule has 3 heteroatoms. The maximum absolute atomic E-state index is 2.66. The number of nitrogens with zero attached hydrogens (tertiary/aromatic N) is 1. The fourth-order valence-corrected chi connectivity index (χ4v) is 9.49. The molecule has 0 N–H and O–H groups in total. The number of hydrogen-bond acceptors (Lipinski definition) is 2. The molecule has 2 heterocycles. The van der Waals surface area contributed by atoms with E-state index in [0.29, 0.717) is 31.6 Å². The number of thioether (sulfide) groups is 1. The fourth-order valence-electron chi connectivity index (χ4n) is 5.93. The number of hydrogen-bond donors (Lipinski definition) is 0. The van der Waals surface area contributed by atoms with Crippen molar-refractivity contribution in [3.05, 3.63) is 76.5 Å². The van der Waals surface area contributed by atoms with Crippen LogP contribution in [-0.4, -0.2) is 26.6 Å². The Kier molecular flexibility index (Phi) is 8.45. The second-order valence-electron chi connectivity index (χ2n) is 13.4. The summed E-state index contributed by atoms with van der Waals surface area (Å²) in [5.41, 5.74) is 10.1. The van der Waals surface area contributed by atoms with E-state index >= 15 is 0 Å². The lowest BCUT2D eigenvalue weighted by atomic mass is 9.79. The molecule has 1 nitrogen and oxygen atoms in total. The molecule has 37 heavy (non-hydrogen) atoms. The van der Waals surface area contributed by atoms with E-state index in [1.165, 1.54) is 45.8 Å². The third-order valence-corrected chi connectivity index (χ3v) is 10.8. The van der Waals surface area contributed by atoms with Gasteiger partial charge in [-0.3, -0.25) is 0 Å². The van der Waals surface area contributed by atoms with Crippen LogP contribution >= 0.6 is 11.8 Å². The molecule has 198 valence electrons. The molecule has 0 aromatic heterocycles. The van der Waals surface area contributed by atoms with E-state index in [4.69, 9.17) is 0 Å². The van der Waals surface area contributed by atoms with Gasteiger partial charge in [0.25, 0.3) is 0 Å². The van der Waals surface area contributed by atoms with Gasteiger partial charge < -0.3 is 4.90 Å². The largest absolute Gasteiger partial charge is 0.337 e. The van der Waals surface area contributed by atoms with Crippen molar-refractivity contribution < 1.29 is 0 Å². The van der Waals surface area contributed by atoms with Crippen molar-refractivity contribution in [3.8, 4) is 0 Å². The predicted molar refractivity (Wildman–Crippen MR) is 169 cm³/mol. The van der Waals surface area contributed by atoms with Gasteiger partial charge in [0.2, 0.25) is 0 Å². The van der Waals surface area contributed by atoms with Gasteiger partial charge >= 0.3 is 0 Å². The number of benzene rings is 2. The highest BCUT2D eigenvalue weighted by Gasteiger charge is 2.35. The lowest BCUT2D eigenvalue weighted by molar-refractivity contribution is 0.285. The minimum Gasteiger partial charge on any atom is -0.337 e. The molecular formula is C34H47NSSi. The predicted octanol–water partition coefficient (Wildman–Crippen LogP) is 9.20. The first kappa shape index (κ1) is 28.2. The summed E-state index contributed by atoms with van der Waals surface area (Å²) in [5.74, 6) is 1.09. The molecule has 2 aliphatic rings. The minimum atomic E-state index is 0.283. The molecule has 4 rings (SSSR count). The molecule has 3 unspecified atom stereocenters. The Labute approximate surface area is 233 Å². The van der Waals surface area contributed by atoms with Crippen LogP contribution in [0.4, 0.5) is 11.4 Å². The molecule has 0 amide bonds. The molecule has 2 aromatic rings. The standard InChI is InChI=1S/C34H47NSSi/c1-10-25(34(7,8)9)13-12-16-35(26-18-23(2)17-24(3)19-26)30-15-11-14-28-29-20-27(21-33(4,5)6)37-22-31(29)36-32(28)30/h11-15,17-20,22,25,29,31,37H,10,16,21H2,1-9H3/b13-12-. The molecule has 0 spiro atoms. The van der Waals surface area contributed by atoms with E-state index in [2.05, 4.69) is 139 Å². The number of fused-ring (bicyclic) bond motifs is 3. The van der Waals surface area contributed by atoms with Crippen molar-refractivity contribution >= 4 is 37.9 Å². The van der Waals surface area contributed by atoms with Gasteiger partial charge in [-0.25, -0.2) is 0 Å². The Morgan fingerprint density at radius 3 is 2.35 bits per heavy atom. The molecule has 2 aliphatic heterocycles. The first-order valence-electron chi connectivity index (χ1n) is 14.1. The Morgan fingerprint density at radius 1 is 1.03 bits per heavy atom. The van der Waals surface area contributed by atoms with Gasteiger partial charge in [-0.1, -0.05) is 95.8 Å². The second kappa shape index (κ2) is 11.1. The summed E-state index contributed by atoms with van der Waals surface area (Å²) < 4.78 is 0. The summed E-state index contributed by atoms with van der Waals surface area (Å²) in [4.78, 5) is 4.04. The molecular weight excluding hydrogens is 483 g/mol. The van der Waals surface area contributed by atoms with Gasteiger partial charge in [-0.05, 0) is 78.3 Å². The molecule has 3 atom stereocenters. The van der Waals surface area contributed by atoms with Crippen LogP contribution in [0.15, 0.2) is 64.7 Å². The van der Waals surface area contributed by atoms with E-state index in [1.54, 1.807) is 5.20 Å². The van der Waals surface area contributed by atoms with E-state index < -0.39 is 0 Å². The van der Waals surface area contributed by atoms with Gasteiger partial charge in [0.15, 0.2) is 0 Å². The fraction of sp³-hybridized carbons (Fsp3) is 0.500. The van der Waals surface area contributed by atoms with Crippen molar-refractivity contribution in [1.82, 2.24) is 0 Å². The van der Waals surface area contributed by atoms with Crippen molar-refractivity contribution in [3.63, 3.8) is 0 Å². The summed E-state index contributed by atoms with van der Waals surface area (Å²) in [6.45, 7) is 21.8. The number of anilines is 2. The van der Waals surface area contributed by atoms with Crippen LogP contribution in [0.25, 0.3) is 0 Å². The first-order valence-corrected chi connectivity index (χ1v) is 16.2. The average molecular weight is 530 g/mol. The molecule has 0 saturated carbocycles. The van der Waals surface area contributed by atoms with E-state index in [-0.39, 0.29) is 5.41 Å². The molecule has 2 aromatic carbocycles. The SMILES string of the molecule is CCC(/C=C\CN(c1cc(C)cc(C)c1)c1cccc2c1SC1C=[SiH]C(CC(C)(C)C)=CC21)C(C)(C)C. The third-order valence-electron chi connectivity index (χ3n) is 7.64. The summed E-state index contributed by atoms with van der Waals surface area (Å²) in [6.07, 6.45) is 9.91. The highest BCUT2D eigenvalue weighted by atomic mass is 32.2. The first-order chi connectivity index (χ1) is 17.4. The normalized spacial score (nSPS) is 20.1. The van der Waals surface area contributed by atoms with E-state index in [9.17, 15) is 0 Å². The van der Waals surface area contributed by atoms with Crippen LogP contribution in [0.2, 0.25) is 0 Å². The van der Waals surface area contributed by atoms with Crippen molar-refractivity contribution in [2.24, 2.45) is 16.7 Å². The van der Waals surface area contributed by atoms with E-state index in [1.807, 2.05) is 0 Å². The Bertz CT molecular complexity index is 1190. The highest BCUT2D eigenvalue weighted by molar-refractivity contribution is 8.01. The Hall–Kier alpha value is -1.84. The van der Waals surface area contributed by atoms with Gasteiger partial charge in [0.05, 0.1) is 5.69 Å². The minimum absolute atomic E-state index is 0.283. The highest BCUT2D eigenvalue weighted by Crippen LogP contribution is 2.52. The average Bonchev–Trinajstić information content (AvgIpc) is 3.15. The second-order valence-corrected chi connectivity index (χ2v) is 16.1. The van der Waals surface area contributed by atoms with Crippen LogP contribution in [0.3, 0.4) is 0 Å². The van der Waals surface area contributed by atoms with Crippen LogP contribution < -0.4 is 4.90 Å². The van der Waals surface area contributed by atoms with Crippen molar-refractivity contribution in [1.29, 1.82) is 0 Å². The maximum atomic E-state index is 2.66. The van der Waals surface area contributed by atoms with Crippen molar-refractivity contribution in [2.75, 3.05) is 11.4 Å². The maximum Gasteiger partial charge on any atom is 0.0555 e. The molecule has 0 saturated heterocycles. The van der Waals surface area contributed by atoms with E-state index in [0.717, 1.165) is 6.54 Å². The zero-order valence-electron chi connectivity index (χ0n) is 24.6. The third kappa shape index (κ3) is 6.78. The molecule has 0 aliphatic carbocycles. The van der Waals surface area contributed by atoms with Gasteiger partial charge in [0.1, 0.15) is 0 Å². The van der Waals surface area contributed by atoms with Crippen LogP contribution in [0, 0.1) is 30.6 Å².